The molecule has 8 atom stereocenters. The average molecular weight is 971 g/mol. The Morgan fingerprint density at radius 3 is 1.01 bits per heavy atom. The van der Waals surface area contributed by atoms with Gasteiger partial charge in [0.1, 0.15) is 23.6 Å². The minimum Gasteiger partial charge on any atom is -0.454 e. The van der Waals surface area contributed by atoms with Crippen molar-refractivity contribution in [1.29, 1.82) is 0 Å². The summed E-state index contributed by atoms with van der Waals surface area (Å²) in [7, 11) is -5.72. The fourth-order valence-corrected chi connectivity index (χ4v) is 22.0. The Labute approximate surface area is 417 Å². The number of fused-ring (bicyclic) bond motifs is 2. The molecule has 2 aromatic heterocycles. The second-order valence-corrected chi connectivity index (χ2v) is 30.9. The Kier molecular flexibility index (Phi) is 14.9. The number of pyridine rings is 2. The van der Waals surface area contributed by atoms with Crippen molar-refractivity contribution in [3.05, 3.63) is 182 Å². The lowest BCUT2D eigenvalue weighted by Gasteiger charge is -2.53. The van der Waals surface area contributed by atoms with Gasteiger partial charge in [-0.2, -0.15) is 0 Å². The maximum Gasteiger partial charge on any atom is 0.357 e. The zero-order valence-electron chi connectivity index (χ0n) is 41.8. The molecule has 3 aliphatic rings. The molecule has 3 saturated carbocycles. The Hall–Kier alpha value is -5.53. The van der Waals surface area contributed by atoms with E-state index in [1.165, 1.54) is 20.7 Å². The molecule has 0 spiro atoms. The van der Waals surface area contributed by atoms with E-state index < -0.39 is 40.8 Å². The van der Waals surface area contributed by atoms with Gasteiger partial charge in [0.25, 0.3) is 16.6 Å². The number of carbonyl (C=O) groups is 2. The van der Waals surface area contributed by atoms with Crippen molar-refractivity contribution in [3.63, 3.8) is 0 Å². The van der Waals surface area contributed by atoms with E-state index in [0.29, 0.717) is 49.7 Å². The first-order valence-electron chi connectivity index (χ1n) is 25.5. The van der Waals surface area contributed by atoms with Crippen LogP contribution in [0.4, 0.5) is 0 Å². The van der Waals surface area contributed by atoms with Crippen molar-refractivity contribution < 1.29 is 27.9 Å². The summed E-state index contributed by atoms with van der Waals surface area (Å²) in [6.07, 6.45) is 7.31. The van der Waals surface area contributed by atoms with Crippen molar-refractivity contribution in [2.24, 2.45) is 35.5 Å². The number of rotatable bonds is 14. The number of hydrogen-bond donors (Lipinski definition) is 0. The molecular weight excluding hydrogens is 901 g/mol. The highest BCUT2D eigenvalue weighted by molar-refractivity contribution is 7.00. The molecule has 8 nitrogen and oxygen atoms in total. The molecule has 0 saturated heterocycles. The van der Waals surface area contributed by atoms with Crippen LogP contribution in [0.3, 0.4) is 0 Å². The van der Waals surface area contributed by atoms with E-state index in [4.69, 9.17) is 18.3 Å². The second-order valence-electron chi connectivity index (χ2n) is 22.2. The van der Waals surface area contributed by atoms with Gasteiger partial charge in [0.15, 0.2) is 0 Å². The summed E-state index contributed by atoms with van der Waals surface area (Å²) in [5, 5.41) is 4.83. The van der Waals surface area contributed by atoms with E-state index in [2.05, 4.69) is 173 Å². The summed E-state index contributed by atoms with van der Waals surface area (Å²) >= 11 is 0. The van der Waals surface area contributed by atoms with Crippen molar-refractivity contribution in [3.8, 4) is 0 Å². The lowest BCUT2D eigenvalue weighted by Crippen LogP contribution is -2.67. The summed E-state index contributed by atoms with van der Waals surface area (Å²) in [5.74, 6) is 0.997. The van der Waals surface area contributed by atoms with Gasteiger partial charge in [-0.1, -0.05) is 175 Å². The molecule has 0 bridgehead atoms. The smallest absolute Gasteiger partial charge is 0.357 e. The molecule has 9 rings (SSSR count). The van der Waals surface area contributed by atoms with E-state index in [-0.39, 0.29) is 33.3 Å². The number of esters is 2. The number of aromatic nitrogens is 2. The van der Waals surface area contributed by atoms with Crippen molar-refractivity contribution >= 4 is 49.3 Å². The Balaban J connectivity index is 1.05. The summed E-state index contributed by atoms with van der Waals surface area (Å²) in [6, 6.07) is 54.4. The van der Waals surface area contributed by atoms with Crippen LogP contribution >= 0.6 is 0 Å². The maximum atomic E-state index is 13.6. The van der Waals surface area contributed by atoms with Crippen LogP contribution in [0.5, 0.6) is 0 Å². The van der Waals surface area contributed by atoms with Gasteiger partial charge < -0.3 is 18.3 Å². The largest absolute Gasteiger partial charge is 0.454 e. The van der Waals surface area contributed by atoms with E-state index in [9.17, 15) is 9.59 Å². The van der Waals surface area contributed by atoms with Crippen LogP contribution in [-0.4, -0.2) is 64.0 Å². The fraction of sp³-hybridized carbons (Fsp3) is 0.400. The fourth-order valence-electron chi connectivity index (χ4n) is 12.8. The Morgan fingerprint density at radius 1 is 0.429 bits per heavy atom. The molecule has 3 aliphatic carbocycles. The van der Waals surface area contributed by atoms with Gasteiger partial charge in [0.05, 0.1) is 0 Å². The standard InChI is InChI=1S/C60H70N2O6Si2/c1-59(2,3)69(49-23-11-7-12-24-49,50-25-13-8-14-26-50)65-41-47-37-43-35-45-39-55(67-57(63)53-31-19-21-33-61-53)56(68-58(64)54-32-20-22-34-62-54)40-46(45)36-44(43)38-48(47)42-66-70(60(4,5)6,51-27-15-9-16-28-51)52-29-17-10-18-30-52/h7-34,43-48,55-56H,35-42H2,1-6H3/t43-,44+,45-,46+,47-,48-,55+,56+/m0/s1. The monoisotopic (exact) mass is 970 g/mol. The van der Waals surface area contributed by atoms with E-state index >= 15 is 0 Å². The van der Waals surface area contributed by atoms with Gasteiger partial charge >= 0.3 is 11.9 Å². The highest BCUT2D eigenvalue weighted by Crippen LogP contribution is 2.54. The van der Waals surface area contributed by atoms with Crippen LogP contribution in [0.25, 0.3) is 0 Å². The van der Waals surface area contributed by atoms with E-state index in [1.807, 2.05) is 0 Å². The third-order valence-electron chi connectivity index (χ3n) is 16.0. The van der Waals surface area contributed by atoms with Crippen LogP contribution in [-0.2, 0) is 18.3 Å². The number of nitrogens with zero attached hydrogens (tertiary/aromatic N) is 2. The van der Waals surface area contributed by atoms with Crippen LogP contribution in [0, 0.1) is 35.5 Å². The molecule has 0 amide bonds. The van der Waals surface area contributed by atoms with Crippen LogP contribution < -0.4 is 20.7 Å². The number of benzene rings is 4. The van der Waals surface area contributed by atoms with Gasteiger partial charge in [-0.3, -0.25) is 0 Å². The molecule has 0 unspecified atom stereocenters. The molecule has 0 aliphatic heterocycles. The zero-order chi connectivity index (χ0) is 48.9. The SMILES string of the molecule is CC(C)(C)[Si](OC[C@@H]1C[C@@H]2C[C@H]3C[C@@H](OC(=O)c4ccccn4)[C@H](OC(=O)c4ccccn4)C[C@H]3C[C@@H]2C[C@H]1CO[Si](c1ccccc1)(c1ccccc1)C(C)(C)C)(c1ccccc1)c1ccccc1. The number of carbonyl (C=O) groups excluding carboxylic acids is 2. The van der Waals surface area contributed by atoms with Gasteiger partial charge in [-0.25, -0.2) is 19.6 Å². The lowest BCUT2D eigenvalue weighted by molar-refractivity contribution is -0.0995. The normalized spacial score (nSPS) is 23.9. The summed E-state index contributed by atoms with van der Waals surface area (Å²) < 4.78 is 28.3. The maximum absolute atomic E-state index is 13.6. The quantitative estimate of drug-likeness (QED) is 0.0787. The predicted octanol–water partition coefficient (Wildman–Crippen LogP) is 10.5. The molecule has 4 aromatic carbocycles. The third kappa shape index (κ3) is 10.2. The van der Waals surface area contributed by atoms with E-state index in [0.717, 1.165) is 25.7 Å². The number of hydrogen-bond acceptors (Lipinski definition) is 8. The summed E-state index contributed by atoms with van der Waals surface area (Å²) in [4.78, 5) is 35.8. The highest BCUT2D eigenvalue weighted by Gasteiger charge is 2.55. The molecule has 0 radical (unpaired) electrons. The minimum atomic E-state index is -2.86. The molecule has 70 heavy (non-hydrogen) atoms. The van der Waals surface area contributed by atoms with Gasteiger partial charge in [0, 0.05) is 25.6 Å². The Morgan fingerprint density at radius 2 is 0.729 bits per heavy atom. The average Bonchev–Trinajstić information content (AvgIpc) is 3.37. The van der Waals surface area contributed by atoms with Crippen LogP contribution in [0.1, 0.15) is 101 Å². The first kappa shape index (κ1) is 49.5. The number of ether oxygens (including phenoxy) is 2. The van der Waals surface area contributed by atoms with Gasteiger partial charge in [-0.15, -0.1) is 0 Å². The minimum absolute atomic E-state index is 0.160. The molecule has 364 valence electrons. The highest BCUT2D eigenvalue weighted by atomic mass is 28.4. The summed E-state index contributed by atoms with van der Waals surface area (Å²) in [5.41, 5.74) is 0.482. The molecule has 2 heterocycles. The molecule has 6 aromatic rings. The van der Waals surface area contributed by atoms with E-state index in [1.54, 1.807) is 48.8 Å². The first-order valence-corrected chi connectivity index (χ1v) is 29.3. The Bertz CT molecular complexity index is 2370. The molecule has 0 N–H and O–H groups in total. The van der Waals surface area contributed by atoms with Gasteiger partial charge in [-0.05, 0) is 129 Å². The first-order chi connectivity index (χ1) is 33.8. The van der Waals surface area contributed by atoms with Crippen molar-refractivity contribution in [1.82, 2.24) is 9.97 Å². The second kappa shape index (κ2) is 21.1. The zero-order valence-corrected chi connectivity index (χ0v) is 43.8. The van der Waals surface area contributed by atoms with Crippen molar-refractivity contribution in [2.45, 2.75) is 102 Å². The van der Waals surface area contributed by atoms with Crippen molar-refractivity contribution in [2.75, 3.05) is 13.2 Å². The summed E-state index contributed by atoms with van der Waals surface area (Å²) in [6.45, 7) is 15.4. The molecular formula is C60H70N2O6Si2. The lowest BCUT2D eigenvalue weighted by atomic mass is 9.56. The van der Waals surface area contributed by atoms with Gasteiger partial charge in [0.2, 0.25) is 0 Å². The topological polar surface area (TPSA) is 96.8 Å². The molecule has 3 fully saturated rings. The third-order valence-corrected chi connectivity index (χ3v) is 26.0. The molecule has 10 heteroatoms. The van der Waals surface area contributed by atoms with Crippen LogP contribution in [0.2, 0.25) is 10.1 Å². The van der Waals surface area contributed by atoms with Crippen LogP contribution in [0.15, 0.2) is 170 Å². The predicted molar refractivity (Wildman–Crippen MR) is 283 cm³/mol.